The number of aryl methyl sites for hydroxylation is 1. The van der Waals surface area contributed by atoms with Crippen molar-refractivity contribution in [3.63, 3.8) is 0 Å². The van der Waals surface area contributed by atoms with E-state index in [9.17, 15) is 10.1 Å². The van der Waals surface area contributed by atoms with Crippen LogP contribution in [0.25, 0.3) is 0 Å². The van der Waals surface area contributed by atoms with Gasteiger partial charge in [0, 0.05) is 17.5 Å². The summed E-state index contributed by atoms with van der Waals surface area (Å²) in [4.78, 5) is 0.966. The van der Waals surface area contributed by atoms with Crippen molar-refractivity contribution in [3.8, 4) is 5.75 Å². The van der Waals surface area contributed by atoms with E-state index in [1.165, 1.54) is 11.8 Å². The normalized spacial score (nSPS) is 17.3. The predicted octanol–water partition coefficient (Wildman–Crippen LogP) is 1.14. The van der Waals surface area contributed by atoms with Gasteiger partial charge in [-0.2, -0.15) is 0 Å². The van der Waals surface area contributed by atoms with Crippen molar-refractivity contribution in [2.75, 3.05) is 6.26 Å². The number of aromatic nitrogens is 3. The van der Waals surface area contributed by atoms with Crippen LogP contribution >= 0.6 is 23.5 Å². The fraction of sp³-hybridized carbons (Fsp3) is 0.385. The molecule has 1 aromatic heterocycles. The third kappa shape index (κ3) is 2.86. The Kier molecular flexibility index (Phi) is 4.67. The number of nitrogens with zero attached hydrogens (tertiary/aromatic N) is 3. The number of thioether (sulfide) groups is 2. The number of benzene rings is 1. The molecular weight excluding hydrogens is 321 g/mol. The first-order valence-electron chi connectivity index (χ1n) is 6.79. The number of hydrogen-bond acceptors (Lipinski definition) is 7. The lowest BCUT2D eigenvalue weighted by Gasteiger charge is -2.28. The van der Waals surface area contributed by atoms with Crippen LogP contribution in [-0.2, 0) is 20.1 Å². The summed E-state index contributed by atoms with van der Waals surface area (Å²) in [5.74, 6) is 0.608. The molecule has 0 spiro atoms. The molecule has 1 aromatic carbocycles. The number of rotatable bonds is 4. The molecule has 0 fully saturated rings. The van der Waals surface area contributed by atoms with Crippen LogP contribution in [0.1, 0.15) is 11.1 Å². The minimum absolute atomic E-state index is 0.104. The van der Waals surface area contributed by atoms with E-state index >= 15 is 0 Å². The van der Waals surface area contributed by atoms with Crippen LogP contribution in [0.15, 0.2) is 28.5 Å². The van der Waals surface area contributed by atoms with E-state index in [4.69, 9.17) is 4.65 Å². The van der Waals surface area contributed by atoms with Gasteiger partial charge in [0.1, 0.15) is 12.1 Å². The molecule has 1 atom stereocenters. The molecule has 0 saturated heterocycles. The summed E-state index contributed by atoms with van der Waals surface area (Å²) in [7, 11) is 0.914. The third-order valence-electron chi connectivity index (χ3n) is 3.58. The zero-order valence-electron chi connectivity index (χ0n) is 12.3. The molecule has 0 saturated carbocycles. The SMILES string of the molecule is CSc1ccc2c(c1CO)OB(O)[C@@H](Sc1nncn1C)C2. The quantitative estimate of drug-likeness (QED) is 0.640. The van der Waals surface area contributed by atoms with E-state index in [1.54, 1.807) is 18.1 Å². The van der Waals surface area contributed by atoms with E-state index in [0.29, 0.717) is 12.2 Å². The number of aliphatic hydroxyl groups is 1. The Morgan fingerprint density at radius 3 is 2.95 bits per heavy atom. The molecule has 0 bridgehead atoms. The smallest absolute Gasteiger partial charge is 0.535 e. The lowest BCUT2D eigenvalue weighted by molar-refractivity contribution is 0.272. The summed E-state index contributed by atoms with van der Waals surface area (Å²) >= 11 is 2.99. The lowest BCUT2D eigenvalue weighted by atomic mass is 9.77. The minimum atomic E-state index is -0.948. The highest BCUT2D eigenvalue weighted by molar-refractivity contribution is 8.01. The summed E-state index contributed by atoms with van der Waals surface area (Å²) < 4.78 is 7.51. The third-order valence-corrected chi connectivity index (χ3v) is 5.69. The Balaban J connectivity index is 1.88. The van der Waals surface area contributed by atoms with Gasteiger partial charge in [0.25, 0.3) is 0 Å². The lowest BCUT2D eigenvalue weighted by Crippen LogP contribution is -2.40. The Morgan fingerprint density at radius 2 is 2.32 bits per heavy atom. The fourth-order valence-electron chi connectivity index (χ4n) is 2.44. The highest BCUT2D eigenvalue weighted by Crippen LogP contribution is 2.39. The van der Waals surface area contributed by atoms with Gasteiger partial charge in [0.05, 0.1) is 11.8 Å². The van der Waals surface area contributed by atoms with Gasteiger partial charge < -0.3 is 19.4 Å². The van der Waals surface area contributed by atoms with Gasteiger partial charge in [-0.15, -0.1) is 22.0 Å². The van der Waals surface area contributed by atoms with Gasteiger partial charge in [-0.05, 0) is 24.3 Å². The molecule has 0 aliphatic carbocycles. The molecule has 2 heterocycles. The summed E-state index contributed by atoms with van der Waals surface area (Å²) in [5.41, 5.74) is 1.73. The van der Waals surface area contributed by atoms with Crippen molar-refractivity contribution in [3.05, 3.63) is 29.6 Å². The van der Waals surface area contributed by atoms with Crippen LogP contribution in [0.5, 0.6) is 5.75 Å². The van der Waals surface area contributed by atoms with Crippen molar-refractivity contribution < 1.29 is 14.8 Å². The maximum atomic E-state index is 10.3. The molecule has 0 amide bonds. The molecule has 22 heavy (non-hydrogen) atoms. The molecule has 9 heteroatoms. The average molecular weight is 337 g/mol. The standard InChI is InChI=1S/C13H16BN3O3S2/c1-17-7-15-16-13(17)22-11-5-8-3-4-10(21-2)9(6-18)12(8)20-14(11)19/h3-4,7,11,18-19H,5-6H2,1-2H3/t11-/m0/s1. The first-order chi connectivity index (χ1) is 10.6. The van der Waals surface area contributed by atoms with Crippen LogP contribution in [0.3, 0.4) is 0 Å². The second kappa shape index (κ2) is 6.53. The Labute approximate surface area is 137 Å². The van der Waals surface area contributed by atoms with Crippen LogP contribution < -0.4 is 4.65 Å². The summed E-state index contributed by atoms with van der Waals surface area (Å²) in [6.07, 6.45) is 4.23. The molecule has 1 aliphatic rings. The molecule has 1 aliphatic heterocycles. The van der Waals surface area contributed by atoms with E-state index in [2.05, 4.69) is 10.2 Å². The molecule has 2 N–H and O–H groups in total. The number of aliphatic hydroxyl groups excluding tert-OH is 1. The van der Waals surface area contributed by atoms with Gasteiger partial charge in [0.2, 0.25) is 0 Å². The zero-order chi connectivity index (χ0) is 15.7. The average Bonchev–Trinajstić information content (AvgIpc) is 2.92. The van der Waals surface area contributed by atoms with Crippen molar-refractivity contribution >= 4 is 30.6 Å². The topological polar surface area (TPSA) is 80.4 Å². The Bertz CT molecular complexity index is 683. The molecule has 0 unspecified atom stereocenters. The fourth-order valence-corrected chi connectivity index (χ4v) is 4.06. The maximum absolute atomic E-state index is 10.3. The van der Waals surface area contributed by atoms with Gasteiger partial charge in [-0.1, -0.05) is 17.8 Å². The first-order valence-corrected chi connectivity index (χ1v) is 8.89. The first kappa shape index (κ1) is 15.7. The highest BCUT2D eigenvalue weighted by Gasteiger charge is 2.37. The Morgan fingerprint density at radius 1 is 1.50 bits per heavy atom. The van der Waals surface area contributed by atoms with Gasteiger partial charge in [-0.25, -0.2) is 0 Å². The summed E-state index contributed by atoms with van der Waals surface area (Å²) in [5, 5.41) is 28.3. The number of fused-ring (bicyclic) bond motifs is 1. The predicted molar refractivity (Wildman–Crippen MR) is 87.1 cm³/mol. The van der Waals surface area contributed by atoms with Crippen LogP contribution in [0.2, 0.25) is 0 Å². The maximum Gasteiger partial charge on any atom is 0.537 e. The minimum Gasteiger partial charge on any atom is -0.535 e. The summed E-state index contributed by atoms with van der Waals surface area (Å²) in [6, 6.07) is 3.98. The van der Waals surface area contributed by atoms with Gasteiger partial charge >= 0.3 is 7.12 Å². The van der Waals surface area contributed by atoms with Crippen LogP contribution in [0, 0.1) is 0 Å². The van der Waals surface area contributed by atoms with E-state index in [1.807, 2.05) is 30.0 Å². The highest BCUT2D eigenvalue weighted by atomic mass is 32.2. The molecule has 116 valence electrons. The monoisotopic (exact) mass is 337 g/mol. The van der Waals surface area contributed by atoms with Crippen molar-refractivity contribution in [2.45, 2.75) is 28.2 Å². The van der Waals surface area contributed by atoms with Crippen LogP contribution in [0.4, 0.5) is 0 Å². The molecular formula is C13H16BN3O3S2. The van der Waals surface area contributed by atoms with Crippen molar-refractivity contribution in [1.82, 2.24) is 14.8 Å². The van der Waals surface area contributed by atoms with E-state index in [0.717, 1.165) is 21.2 Å². The molecule has 3 rings (SSSR count). The molecule has 0 radical (unpaired) electrons. The number of hydrogen-bond donors (Lipinski definition) is 2. The van der Waals surface area contributed by atoms with Crippen LogP contribution in [-0.4, -0.2) is 43.4 Å². The van der Waals surface area contributed by atoms with E-state index in [-0.39, 0.29) is 11.8 Å². The zero-order valence-corrected chi connectivity index (χ0v) is 13.9. The second-order valence-corrected chi connectivity index (χ2v) is 7.04. The van der Waals surface area contributed by atoms with Crippen molar-refractivity contribution in [2.24, 2.45) is 7.05 Å². The van der Waals surface area contributed by atoms with E-state index < -0.39 is 7.12 Å². The van der Waals surface area contributed by atoms with Gasteiger partial charge in [0.15, 0.2) is 5.16 Å². The largest absolute Gasteiger partial charge is 0.537 e. The second-order valence-electron chi connectivity index (χ2n) is 4.99. The molecule has 6 nitrogen and oxygen atoms in total. The Hall–Kier alpha value is -1.16. The summed E-state index contributed by atoms with van der Waals surface area (Å²) in [6.45, 7) is -0.104. The van der Waals surface area contributed by atoms with Crippen molar-refractivity contribution in [1.29, 1.82) is 0 Å². The van der Waals surface area contributed by atoms with Gasteiger partial charge in [-0.3, -0.25) is 0 Å². The molecule has 2 aromatic rings.